The minimum absolute atomic E-state index is 0.0623. The summed E-state index contributed by atoms with van der Waals surface area (Å²) in [6.07, 6.45) is 8.22. The minimum Gasteiger partial charge on any atom is -0.497 e. The fraction of sp³-hybridized carbons (Fsp3) is 0.667. The predicted octanol–water partition coefficient (Wildman–Crippen LogP) is 3.58. The molecule has 1 aromatic rings. The molecular formula is C21H29NO3. The third kappa shape index (κ3) is 3.11. The first kappa shape index (κ1) is 16.7. The van der Waals surface area contributed by atoms with Crippen LogP contribution in [-0.4, -0.2) is 26.7 Å². The van der Waals surface area contributed by atoms with Crippen molar-refractivity contribution in [1.82, 2.24) is 5.32 Å². The number of benzene rings is 1. The Labute approximate surface area is 150 Å². The fourth-order valence-electron chi connectivity index (χ4n) is 5.96. The normalized spacial score (nSPS) is 32.5. The lowest BCUT2D eigenvalue weighted by Crippen LogP contribution is -2.53. The van der Waals surface area contributed by atoms with E-state index in [1.54, 1.807) is 14.2 Å². The summed E-state index contributed by atoms with van der Waals surface area (Å²) in [6.45, 7) is 0.657. The average Bonchev–Trinajstić information content (AvgIpc) is 2.60. The molecule has 1 amide bonds. The largest absolute Gasteiger partial charge is 0.497 e. The van der Waals surface area contributed by atoms with E-state index in [1.165, 1.54) is 19.3 Å². The highest BCUT2D eigenvalue weighted by Crippen LogP contribution is 2.60. The Hall–Kier alpha value is -1.71. The molecule has 0 saturated heterocycles. The smallest absolute Gasteiger partial charge is 0.226 e. The topological polar surface area (TPSA) is 47.6 Å². The second kappa shape index (κ2) is 6.54. The first-order valence-electron chi connectivity index (χ1n) is 9.61. The molecule has 1 N–H and O–H groups in total. The molecular weight excluding hydrogens is 314 g/mol. The average molecular weight is 343 g/mol. The van der Waals surface area contributed by atoms with Crippen LogP contribution < -0.4 is 14.8 Å². The molecule has 1 aromatic carbocycles. The van der Waals surface area contributed by atoms with Crippen molar-refractivity contribution >= 4 is 5.91 Å². The Kier molecular flexibility index (Phi) is 4.38. The molecule has 4 saturated carbocycles. The van der Waals surface area contributed by atoms with Gasteiger partial charge in [-0.25, -0.2) is 0 Å². The maximum absolute atomic E-state index is 13.0. The highest BCUT2D eigenvalue weighted by Gasteiger charge is 2.54. The van der Waals surface area contributed by atoms with Crippen LogP contribution in [0.1, 0.15) is 44.1 Å². The molecule has 4 aliphatic rings. The molecule has 0 atom stereocenters. The summed E-state index contributed by atoms with van der Waals surface area (Å²) in [4.78, 5) is 13.0. The van der Waals surface area contributed by atoms with E-state index in [0.717, 1.165) is 60.5 Å². The quantitative estimate of drug-likeness (QED) is 0.859. The zero-order valence-corrected chi connectivity index (χ0v) is 15.3. The third-order valence-electron chi connectivity index (χ3n) is 6.69. The molecule has 0 aromatic heterocycles. The molecule has 0 aliphatic heterocycles. The number of hydrogen-bond acceptors (Lipinski definition) is 3. The first-order valence-corrected chi connectivity index (χ1v) is 9.61. The highest BCUT2D eigenvalue weighted by atomic mass is 16.5. The summed E-state index contributed by atoms with van der Waals surface area (Å²) in [6, 6.07) is 5.82. The van der Waals surface area contributed by atoms with Gasteiger partial charge in [0.25, 0.3) is 0 Å². The first-order chi connectivity index (χ1) is 12.1. The number of methoxy groups -OCH3 is 2. The lowest BCUT2D eigenvalue weighted by atomic mass is 9.49. The van der Waals surface area contributed by atoms with Gasteiger partial charge in [-0.2, -0.15) is 0 Å². The summed E-state index contributed by atoms with van der Waals surface area (Å²) in [5, 5.41) is 3.24. The number of carbonyl (C=O) groups excluding carboxylic acids is 1. The van der Waals surface area contributed by atoms with Crippen molar-refractivity contribution in [3.05, 3.63) is 23.8 Å². The lowest BCUT2D eigenvalue weighted by Gasteiger charge is -2.55. The van der Waals surface area contributed by atoms with Gasteiger partial charge in [0.1, 0.15) is 11.5 Å². The summed E-state index contributed by atoms with van der Waals surface area (Å²) < 4.78 is 10.7. The molecule has 0 radical (unpaired) electrons. The Morgan fingerprint density at radius 3 is 2.28 bits per heavy atom. The van der Waals surface area contributed by atoms with Crippen LogP contribution in [0.15, 0.2) is 18.2 Å². The number of carbonyl (C=O) groups is 1. The zero-order chi connectivity index (χ0) is 17.4. The van der Waals surface area contributed by atoms with Gasteiger partial charge in [0, 0.05) is 12.0 Å². The van der Waals surface area contributed by atoms with Crippen LogP contribution in [0, 0.1) is 23.2 Å². The summed E-state index contributed by atoms with van der Waals surface area (Å²) in [5.74, 6) is 4.38. The Morgan fingerprint density at radius 1 is 1.08 bits per heavy atom. The third-order valence-corrected chi connectivity index (χ3v) is 6.69. The number of amides is 1. The van der Waals surface area contributed by atoms with E-state index in [4.69, 9.17) is 9.47 Å². The fourth-order valence-corrected chi connectivity index (χ4v) is 5.96. The van der Waals surface area contributed by atoms with E-state index in [-0.39, 0.29) is 5.41 Å². The molecule has 136 valence electrons. The van der Waals surface area contributed by atoms with Gasteiger partial charge in [-0.3, -0.25) is 4.79 Å². The predicted molar refractivity (Wildman–Crippen MR) is 96.9 cm³/mol. The van der Waals surface area contributed by atoms with Crippen LogP contribution in [0.4, 0.5) is 0 Å². The molecule has 0 unspecified atom stereocenters. The molecule has 4 aliphatic carbocycles. The molecule has 5 rings (SSSR count). The lowest BCUT2D eigenvalue weighted by molar-refractivity contribution is -0.146. The molecule has 4 nitrogen and oxygen atoms in total. The minimum atomic E-state index is -0.0623. The second-order valence-electron chi connectivity index (χ2n) is 8.38. The van der Waals surface area contributed by atoms with Gasteiger partial charge < -0.3 is 14.8 Å². The van der Waals surface area contributed by atoms with E-state index in [1.807, 2.05) is 18.2 Å². The van der Waals surface area contributed by atoms with E-state index in [2.05, 4.69) is 5.32 Å². The SMILES string of the molecule is COc1ccc(OC)c(CCNC(=O)C23CC4CC(CC(C4)C2)C3)c1. The van der Waals surface area contributed by atoms with Crippen LogP contribution >= 0.6 is 0 Å². The Morgan fingerprint density at radius 2 is 1.72 bits per heavy atom. The monoisotopic (exact) mass is 343 g/mol. The van der Waals surface area contributed by atoms with Gasteiger partial charge >= 0.3 is 0 Å². The van der Waals surface area contributed by atoms with Gasteiger partial charge in [0.15, 0.2) is 0 Å². The summed E-state index contributed by atoms with van der Waals surface area (Å²) in [5.41, 5.74) is 1.01. The molecule has 4 fully saturated rings. The van der Waals surface area contributed by atoms with Crippen LogP contribution in [0.2, 0.25) is 0 Å². The van der Waals surface area contributed by atoms with Crippen LogP contribution in [0.3, 0.4) is 0 Å². The molecule has 25 heavy (non-hydrogen) atoms. The number of nitrogens with one attached hydrogen (secondary N) is 1. The Balaban J connectivity index is 1.38. The summed E-state index contributed by atoms with van der Waals surface area (Å²) >= 11 is 0. The highest BCUT2D eigenvalue weighted by molar-refractivity contribution is 5.83. The van der Waals surface area contributed by atoms with Gasteiger partial charge in [0.05, 0.1) is 14.2 Å². The van der Waals surface area contributed by atoms with Crippen molar-refractivity contribution in [2.24, 2.45) is 23.2 Å². The maximum Gasteiger partial charge on any atom is 0.226 e. The van der Waals surface area contributed by atoms with E-state index < -0.39 is 0 Å². The second-order valence-corrected chi connectivity index (χ2v) is 8.38. The van der Waals surface area contributed by atoms with E-state index in [9.17, 15) is 4.79 Å². The molecule has 0 heterocycles. The molecule has 4 heteroatoms. The van der Waals surface area contributed by atoms with Crippen molar-refractivity contribution in [1.29, 1.82) is 0 Å². The molecule has 4 bridgehead atoms. The van der Waals surface area contributed by atoms with Crippen molar-refractivity contribution in [3.63, 3.8) is 0 Å². The Bertz CT molecular complexity index is 619. The maximum atomic E-state index is 13.0. The van der Waals surface area contributed by atoms with Gasteiger partial charge in [-0.05, 0) is 86.5 Å². The summed E-state index contributed by atoms with van der Waals surface area (Å²) in [7, 11) is 3.35. The van der Waals surface area contributed by atoms with Crippen molar-refractivity contribution < 1.29 is 14.3 Å². The molecule has 0 spiro atoms. The van der Waals surface area contributed by atoms with Crippen LogP contribution in [-0.2, 0) is 11.2 Å². The van der Waals surface area contributed by atoms with Gasteiger partial charge in [-0.1, -0.05) is 0 Å². The van der Waals surface area contributed by atoms with E-state index >= 15 is 0 Å². The van der Waals surface area contributed by atoms with Crippen molar-refractivity contribution in [3.8, 4) is 11.5 Å². The van der Waals surface area contributed by atoms with Gasteiger partial charge in [0.2, 0.25) is 5.91 Å². The van der Waals surface area contributed by atoms with Crippen LogP contribution in [0.5, 0.6) is 11.5 Å². The standard InChI is InChI=1S/C21H29NO3/c1-24-18-3-4-19(25-2)17(10-18)5-6-22-20(23)21-11-14-7-15(12-21)9-16(8-14)13-21/h3-4,10,14-16H,5-9,11-13H2,1-2H3,(H,22,23). The van der Waals surface area contributed by atoms with Crippen LogP contribution in [0.25, 0.3) is 0 Å². The number of rotatable bonds is 6. The van der Waals surface area contributed by atoms with Gasteiger partial charge in [-0.15, -0.1) is 0 Å². The van der Waals surface area contributed by atoms with Crippen molar-refractivity contribution in [2.75, 3.05) is 20.8 Å². The van der Waals surface area contributed by atoms with Crippen molar-refractivity contribution in [2.45, 2.75) is 44.9 Å². The number of hydrogen-bond donors (Lipinski definition) is 1. The zero-order valence-electron chi connectivity index (χ0n) is 15.3. The number of ether oxygens (including phenoxy) is 2. The van der Waals surface area contributed by atoms with E-state index in [0.29, 0.717) is 12.5 Å².